The summed E-state index contributed by atoms with van der Waals surface area (Å²) in [7, 11) is 4.48. The van der Waals surface area contributed by atoms with Crippen molar-refractivity contribution in [3.63, 3.8) is 0 Å². The summed E-state index contributed by atoms with van der Waals surface area (Å²) in [4.78, 5) is 14.8. The summed E-state index contributed by atoms with van der Waals surface area (Å²) < 4.78 is 16.4. The van der Waals surface area contributed by atoms with Crippen molar-refractivity contribution in [1.82, 2.24) is 0 Å². The number of hydrogen-bond acceptors (Lipinski definition) is 4. The molecule has 1 heterocycles. The molecule has 4 nitrogen and oxygen atoms in total. The van der Waals surface area contributed by atoms with Gasteiger partial charge in [-0.25, -0.2) is 14.4 Å². The quantitative estimate of drug-likeness (QED) is 0.103. The maximum absolute atomic E-state index is 13.7. The van der Waals surface area contributed by atoms with Gasteiger partial charge in [0.25, 0.3) is 0 Å². The van der Waals surface area contributed by atoms with Crippen LogP contribution in [0.3, 0.4) is 0 Å². The van der Waals surface area contributed by atoms with E-state index in [1.807, 2.05) is 48.6 Å². The molecule has 2 atom stereocenters. The Balaban J connectivity index is 1.32. The standard InChI is InChI=1S/C44H42B2FN3OS2/c1-23-33(22-49-44(27-12-7-6-8-13-27)50-43(48-5)28-18-20-29(47)21-19-28)41(52)26(4)37(40(23)51)35-24(2)36(39(46)38(45)25(35)3)32-16-11-15-31-30-14-9-10-17-34(30)53-42(31)32/h6-10,12-15,17-21,37,40,51-52H,5,11,16,22,45-46H2,1-4H3/b49-44-,50-43-. The van der Waals surface area contributed by atoms with Gasteiger partial charge in [0, 0.05) is 31.2 Å². The number of nitrogens with zero attached hydrogens (tertiary/aromatic N) is 3. The zero-order valence-electron chi connectivity index (χ0n) is 31.1. The molecule has 9 heteroatoms. The summed E-state index contributed by atoms with van der Waals surface area (Å²) >= 11 is 7.04. The predicted molar refractivity (Wildman–Crippen MR) is 233 cm³/mol. The van der Waals surface area contributed by atoms with Crippen LogP contribution in [0.4, 0.5) is 4.39 Å². The van der Waals surface area contributed by atoms with Crippen LogP contribution in [0, 0.1) is 19.7 Å². The number of thiophene rings is 1. The fraction of sp³-hybridized carbons (Fsp3) is 0.205. The Hall–Kier alpha value is -4.56. The van der Waals surface area contributed by atoms with Gasteiger partial charge >= 0.3 is 0 Å². The van der Waals surface area contributed by atoms with Gasteiger partial charge in [0.2, 0.25) is 0 Å². The molecule has 2 unspecified atom stereocenters. The summed E-state index contributed by atoms with van der Waals surface area (Å²) in [6.45, 7) is 12.5. The average Bonchev–Trinajstić information content (AvgIpc) is 3.56. The SMILES string of the molecule is Bc1c(B)c(C2=c3sc4ccccc4c3=CCC2)c(C)c(C2C(C)=C(S)C(C/N=C(\N=C(/N=C)c3ccc(F)cc3)c3ccccc3)=C(C)C2O)c1C. The van der Waals surface area contributed by atoms with Crippen LogP contribution in [-0.4, -0.2) is 51.8 Å². The monoisotopic (exact) mass is 733 g/mol. The molecule has 7 rings (SSSR count). The first-order chi connectivity index (χ1) is 25.5. The maximum Gasteiger partial charge on any atom is 0.161 e. The van der Waals surface area contributed by atoms with Crippen molar-refractivity contribution in [2.75, 3.05) is 6.54 Å². The number of aliphatic hydroxyl groups is 1. The van der Waals surface area contributed by atoms with Gasteiger partial charge in [0.1, 0.15) is 21.5 Å². The maximum atomic E-state index is 13.7. The Labute approximate surface area is 322 Å². The van der Waals surface area contributed by atoms with Gasteiger partial charge in [0.05, 0.1) is 12.6 Å². The van der Waals surface area contributed by atoms with Crippen LogP contribution in [0.15, 0.2) is 115 Å². The number of halogens is 1. The van der Waals surface area contributed by atoms with Crippen molar-refractivity contribution in [2.24, 2.45) is 15.0 Å². The molecule has 0 saturated heterocycles. The van der Waals surface area contributed by atoms with E-state index in [4.69, 9.17) is 22.6 Å². The van der Waals surface area contributed by atoms with Crippen LogP contribution in [0.5, 0.6) is 0 Å². The van der Waals surface area contributed by atoms with Gasteiger partial charge in [0.15, 0.2) is 11.7 Å². The van der Waals surface area contributed by atoms with Gasteiger partial charge < -0.3 is 5.11 Å². The molecule has 2 aliphatic rings. The van der Waals surface area contributed by atoms with Crippen molar-refractivity contribution in [1.29, 1.82) is 0 Å². The number of rotatable bonds is 6. The van der Waals surface area contributed by atoms with E-state index in [1.54, 1.807) is 12.1 Å². The Bertz CT molecular complexity index is 2550. The van der Waals surface area contributed by atoms with E-state index in [0.29, 0.717) is 17.2 Å². The minimum absolute atomic E-state index is 0.257. The first-order valence-corrected chi connectivity index (χ1v) is 19.3. The highest BCUT2D eigenvalue weighted by atomic mass is 32.1. The predicted octanol–water partition coefficient (Wildman–Crippen LogP) is 5.52. The molecule has 1 aromatic heterocycles. The van der Waals surface area contributed by atoms with E-state index < -0.39 is 6.10 Å². The molecular weight excluding hydrogens is 691 g/mol. The van der Waals surface area contributed by atoms with E-state index in [0.717, 1.165) is 40.0 Å². The molecule has 264 valence electrons. The molecule has 0 fully saturated rings. The lowest BCUT2D eigenvalue weighted by molar-refractivity contribution is 0.186. The second-order valence-electron chi connectivity index (χ2n) is 14.1. The fourth-order valence-corrected chi connectivity index (χ4v) is 9.80. The number of aliphatic imine (C=N–C) groups is 3. The zero-order valence-corrected chi connectivity index (χ0v) is 32.8. The van der Waals surface area contributed by atoms with Crippen LogP contribution >= 0.6 is 24.0 Å². The lowest BCUT2D eigenvalue weighted by Gasteiger charge is -2.36. The number of thiol groups is 1. The van der Waals surface area contributed by atoms with E-state index in [9.17, 15) is 9.50 Å². The third-order valence-corrected chi connectivity index (χ3v) is 13.1. The second-order valence-corrected chi connectivity index (χ2v) is 15.6. The molecule has 4 aromatic carbocycles. The second kappa shape index (κ2) is 15.1. The number of amidine groups is 2. The zero-order chi connectivity index (χ0) is 37.6. The molecular formula is C44H42B2FN3OS2. The average molecular weight is 734 g/mol. The fourth-order valence-electron chi connectivity index (χ4n) is 8.13. The normalized spacial score (nSPS) is 18.1. The smallest absolute Gasteiger partial charge is 0.161 e. The molecule has 1 N–H and O–H groups in total. The van der Waals surface area contributed by atoms with Gasteiger partial charge in [-0.05, 0) is 127 Å². The van der Waals surface area contributed by atoms with Gasteiger partial charge in [-0.3, -0.25) is 4.99 Å². The first-order valence-electron chi connectivity index (χ1n) is 18.0. The van der Waals surface area contributed by atoms with E-state index in [1.165, 1.54) is 70.7 Å². The summed E-state index contributed by atoms with van der Waals surface area (Å²) in [6.07, 6.45) is 3.63. The van der Waals surface area contributed by atoms with Crippen molar-refractivity contribution in [3.05, 3.63) is 149 Å². The highest BCUT2D eigenvalue weighted by Gasteiger charge is 2.36. The molecule has 0 amide bonds. The lowest BCUT2D eigenvalue weighted by Crippen LogP contribution is -2.38. The van der Waals surface area contributed by atoms with Crippen LogP contribution in [0.1, 0.15) is 66.0 Å². The number of benzene rings is 4. The highest BCUT2D eigenvalue weighted by Crippen LogP contribution is 2.44. The number of aliphatic hydroxyl groups excluding tert-OH is 1. The highest BCUT2D eigenvalue weighted by molar-refractivity contribution is 7.84. The Morgan fingerprint density at radius 2 is 1.57 bits per heavy atom. The van der Waals surface area contributed by atoms with Crippen LogP contribution in [0.2, 0.25) is 0 Å². The van der Waals surface area contributed by atoms with E-state index in [2.05, 4.69) is 78.5 Å². The van der Waals surface area contributed by atoms with E-state index >= 15 is 0 Å². The van der Waals surface area contributed by atoms with Crippen molar-refractivity contribution in [3.8, 4) is 0 Å². The van der Waals surface area contributed by atoms with Crippen LogP contribution < -0.4 is 20.7 Å². The molecule has 0 radical (unpaired) electrons. The minimum Gasteiger partial charge on any atom is -0.388 e. The first kappa shape index (κ1) is 36.8. The van der Waals surface area contributed by atoms with Gasteiger partial charge in [-0.1, -0.05) is 71.1 Å². The van der Waals surface area contributed by atoms with Crippen LogP contribution in [0.25, 0.3) is 21.7 Å². The molecule has 53 heavy (non-hydrogen) atoms. The molecule has 0 aliphatic heterocycles. The van der Waals surface area contributed by atoms with Gasteiger partial charge in [-0.15, -0.1) is 24.0 Å². The minimum atomic E-state index is -0.763. The molecule has 5 aromatic rings. The molecule has 0 spiro atoms. The largest absolute Gasteiger partial charge is 0.388 e. The van der Waals surface area contributed by atoms with E-state index in [-0.39, 0.29) is 18.3 Å². The number of hydrogen-bond donors (Lipinski definition) is 2. The Morgan fingerprint density at radius 1 is 0.887 bits per heavy atom. The van der Waals surface area contributed by atoms with Crippen molar-refractivity contribution >= 4 is 90.7 Å². The lowest BCUT2D eigenvalue weighted by atomic mass is 9.66. The Morgan fingerprint density at radius 3 is 2.28 bits per heavy atom. The van der Waals surface area contributed by atoms with Crippen molar-refractivity contribution in [2.45, 2.75) is 52.6 Å². The third-order valence-electron chi connectivity index (χ3n) is 11.2. The molecule has 0 saturated carbocycles. The van der Waals surface area contributed by atoms with Crippen molar-refractivity contribution < 1.29 is 9.50 Å². The summed E-state index contributed by atoms with van der Waals surface area (Å²) in [6, 6.07) is 24.4. The topological polar surface area (TPSA) is 57.3 Å². The summed E-state index contributed by atoms with van der Waals surface area (Å²) in [5.41, 5.74) is 13.1. The third kappa shape index (κ3) is 6.64. The Kier molecular flexibility index (Phi) is 10.4. The van der Waals surface area contributed by atoms with Crippen LogP contribution in [-0.2, 0) is 0 Å². The number of fused-ring (bicyclic) bond motifs is 3. The molecule has 2 aliphatic carbocycles. The van der Waals surface area contributed by atoms with Gasteiger partial charge in [-0.2, -0.15) is 0 Å². The summed E-state index contributed by atoms with van der Waals surface area (Å²) in [5.74, 6) is 0.203. The summed E-state index contributed by atoms with van der Waals surface area (Å²) in [5, 5.41) is 15.0. The molecule has 0 bridgehead atoms.